The molecular formula is C18H15N3O4. The maximum Gasteiger partial charge on any atom is 0.415 e. The maximum atomic E-state index is 12.0. The molecule has 0 saturated carbocycles. The second-order valence-electron chi connectivity index (χ2n) is 5.61. The lowest BCUT2D eigenvalue weighted by Gasteiger charge is -2.13. The van der Waals surface area contributed by atoms with Gasteiger partial charge in [-0.1, -0.05) is 53.6 Å². The van der Waals surface area contributed by atoms with Crippen molar-refractivity contribution >= 4 is 12.1 Å². The van der Waals surface area contributed by atoms with E-state index in [0.717, 1.165) is 22.3 Å². The van der Waals surface area contributed by atoms with E-state index in [9.17, 15) is 4.79 Å². The smallest absolute Gasteiger partial charge is 0.415 e. The first-order valence-electron chi connectivity index (χ1n) is 7.81. The molecule has 7 nitrogen and oxygen atoms in total. The van der Waals surface area contributed by atoms with Crippen molar-refractivity contribution in [3.8, 4) is 11.1 Å². The zero-order valence-electron chi connectivity index (χ0n) is 13.2. The van der Waals surface area contributed by atoms with Crippen molar-refractivity contribution in [1.29, 1.82) is 0 Å². The molecule has 0 spiro atoms. The van der Waals surface area contributed by atoms with E-state index in [1.807, 2.05) is 36.4 Å². The van der Waals surface area contributed by atoms with E-state index in [1.54, 1.807) is 0 Å². The lowest BCUT2D eigenvalue weighted by Crippen LogP contribution is -2.18. The molecule has 1 aromatic heterocycles. The quantitative estimate of drug-likeness (QED) is 0.760. The number of hydrogen-bond acceptors (Lipinski definition) is 6. The number of hydrogen-bond donors (Lipinski definition) is 2. The van der Waals surface area contributed by atoms with Crippen molar-refractivity contribution in [2.24, 2.45) is 0 Å². The molecule has 0 radical (unpaired) electrons. The summed E-state index contributed by atoms with van der Waals surface area (Å²) in [5.74, 6) is 0.00258. The SMILES string of the molecule is O=C(Nc1nnc(CO)o1)OCC1c2ccccc2-c2ccccc21. The van der Waals surface area contributed by atoms with E-state index in [0.29, 0.717) is 0 Å². The standard InChI is InChI=1S/C18H15N3O4/c22-9-16-20-21-17(25-16)19-18(23)24-10-15-13-7-3-1-5-11(13)12-6-2-4-8-14(12)15/h1-8,15,22H,9-10H2,(H,19,21,23). The Balaban J connectivity index is 1.48. The number of benzene rings is 2. The van der Waals surface area contributed by atoms with Gasteiger partial charge in [0.25, 0.3) is 0 Å². The summed E-state index contributed by atoms with van der Waals surface area (Å²) in [7, 11) is 0. The average Bonchev–Trinajstić information content (AvgIpc) is 3.22. The van der Waals surface area contributed by atoms with Crippen molar-refractivity contribution in [3.05, 3.63) is 65.5 Å². The third-order valence-corrected chi connectivity index (χ3v) is 4.15. The first kappa shape index (κ1) is 15.3. The van der Waals surface area contributed by atoms with Crippen LogP contribution in [0, 0.1) is 0 Å². The van der Waals surface area contributed by atoms with E-state index >= 15 is 0 Å². The molecule has 0 fully saturated rings. The second-order valence-corrected chi connectivity index (χ2v) is 5.61. The molecule has 126 valence electrons. The molecule has 0 atom stereocenters. The maximum absolute atomic E-state index is 12.0. The fraction of sp³-hybridized carbons (Fsp3) is 0.167. The highest BCUT2D eigenvalue weighted by Crippen LogP contribution is 2.44. The molecule has 1 amide bonds. The largest absolute Gasteiger partial charge is 0.448 e. The first-order chi connectivity index (χ1) is 12.3. The highest BCUT2D eigenvalue weighted by molar-refractivity contribution is 5.82. The first-order valence-corrected chi connectivity index (χ1v) is 7.81. The molecule has 1 heterocycles. The van der Waals surface area contributed by atoms with E-state index in [1.165, 1.54) is 0 Å². The Hall–Kier alpha value is -3.19. The lowest BCUT2D eigenvalue weighted by molar-refractivity contribution is 0.157. The van der Waals surface area contributed by atoms with Gasteiger partial charge in [0.2, 0.25) is 5.89 Å². The summed E-state index contributed by atoms with van der Waals surface area (Å²) in [4.78, 5) is 12.0. The number of amides is 1. The van der Waals surface area contributed by atoms with Crippen LogP contribution in [0.3, 0.4) is 0 Å². The molecule has 25 heavy (non-hydrogen) atoms. The molecule has 4 rings (SSSR count). The van der Waals surface area contributed by atoms with Crippen LogP contribution in [0.1, 0.15) is 22.9 Å². The molecule has 3 aromatic rings. The Morgan fingerprint density at radius 1 is 1.08 bits per heavy atom. The summed E-state index contributed by atoms with van der Waals surface area (Å²) in [6, 6.07) is 16.1. The van der Waals surface area contributed by atoms with Crippen LogP contribution >= 0.6 is 0 Å². The van der Waals surface area contributed by atoms with Gasteiger partial charge >= 0.3 is 12.1 Å². The molecule has 1 aliphatic carbocycles. The van der Waals surface area contributed by atoms with E-state index < -0.39 is 6.09 Å². The number of aromatic nitrogens is 2. The summed E-state index contributed by atoms with van der Waals surface area (Å²) < 4.78 is 10.3. The third kappa shape index (κ3) is 2.85. The fourth-order valence-corrected chi connectivity index (χ4v) is 3.09. The van der Waals surface area contributed by atoms with Crippen LogP contribution in [0.4, 0.5) is 10.8 Å². The zero-order valence-corrected chi connectivity index (χ0v) is 13.2. The van der Waals surface area contributed by atoms with Gasteiger partial charge in [-0.25, -0.2) is 10.1 Å². The van der Waals surface area contributed by atoms with Crippen molar-refractivity contribution in [2.45, 2.75) is 12.5 Å². The molecule has 1 aliphatic rings. The number of nitrogens with zero attached hydrogens (tertiary/aromatic N) is 2. The van der Waals surface area contributed by atoms with Gasteiger partial charge in [-0.3, -0.25) is 0 Å². The summed E-state index contributed by atoms with van der Waals surface area (Å²) in [5, 5.41) is 18.4. The van der Waals surface area contributed by atoms with Gasteiger partial charge in [-0.05, 0) is 22.3 Å². The zero-order chi connectivity index (χ0) is 17.2. The molecule has 0 bridgehead atoms. The van der Waals surface area contributed by atoms with Crippen LogP contribution in [-0.2, 0) is 11.3 Å². The minimum absolute atomic E-state index is 0.0196. The summed E-state index contributed by atoms with van der Waals surface area (Å²) >= 11 is 0. The van der Waals surface area contributed by atoms with Crippen LogP contribution in [0.2, 0.25) is 0 Å². The summed E-state index contributed by atoms with van der Waals surface area (Å²) in [6.07, 6.45) is -0.685. The van der Waals surface area contributed by atoms with Crippen LogP contribution < -0.4 is 5.32 Å². The normalized spacial score (nSPS) is 12.5. The predicted octanol–water partition coefficient (Wildman–Crippen LogP) is 2.92. The van der Waals surface area contributed by atoms with Gasteiger partial charge in [0.05, 0.1) is 0 Å². The average molecular weight is 337 g/mol. The van der Waals surface area contributed by atoms with Crippen LogP contribution in [0.25, 0.3) is 11.1 Å². The summed E-state index contributed by atoms with van der Waals surface area (Å²) in [6.45, 7) is -0.194. The number of anilines is 1. The van der Waals surface area contributed by atoms with Crippen molar-refractivity contribution in [2.75, 3.05) is 11.9 Å². The van der Waals surface area contributed by atoms with Gasteiger partial charge in [0, 0.05) is 5.92 Å². The monoisotopic (exact) mass is 337 g/mol. The minimum atomic E-state index is -0.685. The van der Waals surface area contributed by atoms with E-state index in [2.05, 4.69) is 27.6 Å². The van der Waals surface area contributed by atoms with Crippen LogP contribution in [0.5, 0.6) is 0 Å². The Kier molecular flexibility index (Phi) is 3.91. The van der Waals surface area contributed by atoms with Crippen LogP contribution in [-0.4, -0.2) is 28.0 Å². The molecular weight excluding hydrogens is 322 g/mol. The number of aliphatic hydroxyl groups is 1. The van der Waals surface area contributed by atoms with Gasteiger partial charge in [-0.2, -0.15) is 0 Å². The molecule has 0 saturated heterocycles. The fourth-order valence-electron chi connectivity index (χ4n) is 3.09. The lowest BCUT2D eigenvalue weighted by atomic mass is 9.98. The number of nitrogens with one attached hydrogen (secondary N) is 1. The van der Waals surface area contributed by atoms with Gasteiger partial charge in [-0.15, -0.1) is 5.10 Å². The van der Waals surface area contributed by atoms with Crippen molar-refractivity contribution in [1.82, 2.24) is 10.2 Å². The minimum Gasteiger partial charge on any atom is -0.448 e. The highest BCUT2D eigenvalue weighted by Gasteiger charge is 2.29. The van der Waals surface area contributed by atoms with Gasteiger partial charge in [0.15, 0.2) is 0 Å². The molecule has 7 heteroatoms. The number of ether oxygens (including phenoxy) is 1. The topological polar surface area (TPSA) is 97.5 Å². The Bertz CT molecular complexity index is 876. The van der Waals surface area contributed by atoms with E-state index in [-0.39, 0.29) is 31.0 Å². The highest BCUT2D eigenvalue weighted by atomic mass is 16.6. The molecule has 2 aromatic carbocycles. The summed E-state index contributed by atoms with van der Waals surface area (Å²) in [5.41, 5.74) is 4.60. The Labute approximate surface area is 143 Å². The molecule has 0 unspecified atom stereocenters. The van der Waals surface area contributed by atoms with Gasteiger partial charge in [0.1, 0.15) is 13.2 Å². The number of carbonyl (C=O) groups is 1. The van der Waals surface area contributed by atoms with Crippen molar-refractivity contribution < 1.29 is 19.1 Å². The van der Waals surface area contributed by atoms with Gasteiger partial charge < -0.3 is 14.3 Å². The number of carbonyl (C=O) groups excluding carboxylic acids is 1. The number of fused-ring (bicyclic) bond motifs is 3. The van der Waals surface area contributed by atoms with Crippen LogP contribution in [0.15, 0.2) is 52.9 Å². The predicted molar refractivity (Wildman–Crippen MR) is 88.9 cm³/mol. The second kappa shape index (κ2) is 6.37. The van der Waals surface area contributed by atoms with Crippen molar-refractivity contribution in [3.63, 3.8) is 0 Å². The number of rotatable bonds is 4. The third-order valence-electron chi connectivity index (χ3n) is 4.15. The molecule has 0 aliphatic heterocycles. The molecule has 2 N–H and O–H groups in total. The Morgan fingerprint density at radius 3 is 2.32 bits per heavy atom. The van der Waals surface area contributed by atoms with E-state index in [4.69, 9.17) is 14.3 Å². The Morgan fingerprint density at radius 2 is 1.72 bits per heavy atom. The number of aliphatic hydroxyl groups excluding tert-OH is 1.